The van der Waals surface area contributed by atoms with E-state index in [1.54, 1.807) is 0 Å². The summed E-state index contributed by atoms with van der Waals surface area (Å²) in [5, 5.41) is 3.48. The van der Waals surface area contributed by atoms with Crippen LogP contribution in [0.5, 0.6) is 0 Å². The Kier molecular flexibility index (Phi) is 4.94. The van der Waals surface area contributed by atoms with Gasteiger partial charge >= 0.3 is 0 Å². The molecule has 1 heteroatoms. The minimum atomic E-state index is 0.766. The van der Waals surface area contributed by atoms with Crippen LogP contribution in [0.2, 0.25) is 0 Å². The number of rotatable bonds is 2. The van der Waals surface area contributed by atoms with E-state index in [4.69, 9.17) is 0 Å². The van der Waals surface area contributed by atoms with Gasteiger partial charge in [-0.1, -0.05) is 27.2 Å². The standard InChI is InChI=1S/C13H27N/c1-5-12-7-10(2)6-11(3)8-13(9-12)14-4/h10-14H,5-9H2,1-4H3. The fraction of sp³-hybridized carbons (Fsp3) is 1.00. The highest BCUT2D eigenvalue weighted by Gasteiger charge is 2.23. The molecule has 1 N–H and O–H groups in total. The molecule has 0 aliphatic heterocycles. The molecule has 0 heterocycles. The molecule has 0 amide bonds. The average Bonchev–Trinajstić information content (AvgIpc) is 2.12. The Morgan fingerprint density at radius 2 is 1.64 bits per heavy atom. The Bertz CT molecular complexity index is 139. The largest absolute Gasteiger partial charge is 0.317 e. The van der Waals surface area contributed by atoms with Gasteiger partial charge in [0.05, 0.1) is 0 Å². The van der Waals surface area contributed by atoms with E-state index in [1.165, 1.54) is 32.1 Å². The summed E-state index contributed by atoms with van der Waals surface area (Å²) in [7, 11) is 2.12. The molecule has 4 unspecified atom stereocenters. The van der Waals surface area contributed by atoms with Crippen molar-refractivity contribution in [2.45, 2.75) is 58.9 Å². The normalized spacial score (nSPS) is 40.3. The number of hydrogen-bond acceptors (Lipinski definition) is 1. The molecule has 0 aromatic carbocycles. The second kappa shape index (κ2) is 5.75. The van der Waals surface area contributed by atoms with Crippen LogP contribution in [-0.4, -0.2) is 13.1 Å². The van der Waals surface area contributed by atoms with Gasteiger partial charge in [-0.2, -0.15) is 0 Å². The van der Waals surface area contributed by atoms with E-state index in [-0.39, 0.29) is 0 Å². The maximum Gasteiger partial charge on any atom is 0.00692 e. The van der Waals surface area contributed by atoms with Gasteiger partial charge in [0, 0.05) is 6.04 Å². The van der Waals surface area contributed by atoms with Gasteiger partial charge in [-0.15, -0.1) is 0 Å². The summed E-state index contributed by atoms with van der Waals surface area (Å²) < 4.78 is 0. The van der Waals surface area contributed by atoms with Crippen molar-refractivity contribution < 1.29 is 0 Å². The van der Waals surface area contributed by atoms with Gasteiger partial charge in [0.2, 0.25) is 0 Å². The Hall–Kier alpha value is -0.0400. The Labute approximate surface area is 89.7 Å². The van der Waals surface area contributed by atoms with Crippen LogP contribution in [0.4, 0.5) is 0 Å². The van der Waals surface area contributed by atoms with E-state index in [1.807, 2.05) is 0 Å². The summed E-state index contributed by atoms with van der Waals surface area (Å²) in [6.45, 7) is 7.18. The van der Waals surface area contributed by atoms with Gasteiger partial charge < -0.3 is 5.32 Å². The van der Waals surface area contributed by atoms with Gasteiger partial charge in [-0.3, -0.25) is 0 Å². The number of hydrogen-bond donors (Lipinski definition) is 1. The molecule has 1 fully saturated rings. The molecule has 1 rings (SSSR count). The lowest BCUT2D eigenvalue weighted by Crippen LogP contribution is -2.32. The van der Waals surface area contributed by atoms with Crippen LogP contribution >= 0.6 is 0 Å². The molecule has 84 valence electrons. The van der Waals surface area contributed by atoms with Crippen LogP contribution in [-0.2, 0) is 0 Å². The zero-order valence-electron chi connectivity index (χ0n) is 10.3. The van der Waals surface area contributed by atoms with Crippen LogP contribution < -0.4 is 5.32 Å². The quantitative estimate of drug-likeness (QED) is 0.715. The third-order valence-electron chi connectivity index (χ3n) is 3.83. The molecule has 14 heavy (non-hydrogen) atoms. The lowest BCUT2D eigenvalue weighted by Gasteiger charge is -2.31. The first-order chi connectivity index (χ1) is 6.65. The first-order valence-electron chi connectivity index (χ1n) is 6.32. The molecule has 1 aliphatic rings. The van der Waals surface area contributed by atoms with Crippen LogP contribution in [0.1, 0.15) is 52.9 Å². The van der Waals surface area contributed by atoms with E-state index in [9.17, 15) is 0 Å². The highest BCUT2D eigenvalue weighted by molar-refractivity contribution is 4.78. The molecular weight excluding hydrogens is 170 g/mol. The average molecular weight is 197 g/mol. The van der Waals surface area contributed by atoms with Gasteiger partial charge in [-0.05, 0) is 50.5 Å². The van der Waals surface area contributed by atoms with E-state index in [0.29, 0.717) is 0 Å². The Morgan fingerprint density at radius 3 is 2.21 bits per heavy atom. The second-order valence-corrected chi connectivity index (χ2v) is 5.41. The Balaban J connectivity index is 2.52. The summed E-state index contributed by atoms with van der Waals surface area (Å²) in [6, 6.07) is 0.766. The van der Waals surface area contributed by atoms with Crippen molar-refractivity contribution in [2.24, 2.45) is 17.8 Å². The minimum absolute atomic E-state index is 0.766. The van der Waals surface area contributed by atoms with Crippen molar-refractivity contribution in [1.29, 1.82) is 0 Å². The summed E-state index contributed by atoms with van der Waals surface area (Å²) >= 11 is 0. The fourth-order valence-electron chi connectivity index (χ4n) is 3.10. The molecule has 0 aromatic rings. The predicted molar refractivity (Wildman–Crippen MR) is 63.4 cm³/mol. The van der Waals surface area contributed by atoms with E-state index in [0.717, 1.165) is 23.8 Å². The van der Waals surface area contributed by atoms with Crippen LogP contribution in [0, 0.1) is 17.8 Å². The van der Waals surface area contributed by atoms with E-state index < -0.39 is 0 Å². The van der Waals surface area contributed by atoms with Gasteiger partial charge in [0.1, 0.15) is 0 Å². The summed E-state index contributed by atoms with van der Waals surface area (Å²) in [5.41, 5.74) is 0. The maximum atomic E-state index is 3.48. The molecule has 0 spiro atoms. The van der Waals surface area contributed by atoms with Crippen molar-refractivity contribution in [3.63, 3.8) is 0 Å². The first kappa shape index (κ1) is 12.0. The smallest absolute Gasteiger partial charge is 0.00692 e. The van der Waals surface area contributed by atoms with Gasteiger partial charge in [-0.25, -0.2) is 0 Å². The first-order valence-corrected chi connectivity index (χ1v) is 6.32. The molecule has 1 nitrogen and oxygen atoms in total. The number of nitrogens with one attached hydrogen (secondary N) is 1. The molecule has 0 saturated heterocycles. The Morgan fingerprint density at radius 1 is 1.00 bits per heavy atom. The lowest BCUT2D eigenvalue weighted by molar-refractivity contribution is 0.229. The highest BCUT2D eigenvalue weighted by atomic mass is 14.9. The summed E-state index contributed by atoms with van der Waals surface area (Å²) in [5.74, 6) is 2.79. The molecule has 1 aliphatic carbocycles. The fourth-order valence-corrected chi connectivity index (χ4v) is 3.10. The molecule has 0 aromatic heterocycles. The van der Waals surface area contributed by atoms with Crippen molar-refractivity contribution >= 4 is 0 Å². The minimum Gasteiger partial charge on any atom is -0.317 e. The predicted octanol–water partition coefficient (Wildman–Crippen LogP) is 3.45. The lowest BCUT2D eigenvalue weighted by atomic mass is 9.78. The second-order valence-electron chi connectivity index (χ2n) is 5.41. The van der Waals surface area contributed by atoms with Crippen LogP contribution in [0.3, 0.4) is 0 Å². The van der Waals surface area contributed by atoms with Crippen molar-refractivity contribution in [2.75, 3.05) is 7.05 Å². The highest BCUT2D eigenvalue weighted by Crippen LogP contribution is 2.31. The SMILES string of the molecule is CCC1CC(C)CC(C)CC(NC)C1. The maximum absolute atomic E-state index is 3.48. The van der Waals surface area contributed by atoms with E-state index >= 15 is 0 Å². The monoisotopic (exact) mass is 197 g/mol. The molecule has 0 bridgehead atoms. The zero-order chi connectivity index (χ0) is 10.6. The van der Waals surface area contributed by atoms with Crippen LogP contribution in [0.25, 0.3) is 0 Å². The molecule has 1 saturated carbocycles. The van der Waals surface area contributed by atoms with Crippen molar-refractivity contribution in [1.82, 2.24) is 5.32 Å². The summed E-state index contributed by atoms with van der Waals surface area (Å²) in [4.78, 5) is 0. The van der Waals surface area contributed by atoms with E-state index in [2.05, 4.69) is 33.1 Å². The molecule has 0 radical (unpaired) electrons. The van der Waals surface area contributed by atoms with Crippen molar-refractivity contribution in [3.05, 3.63) is 0 Å². The van der Waals surface area contributed by atoms with Gasteiger partial charge in [0.15, 0.2) is 0 Å². The molecular formula is C13H27N. The van der Waals surface area contributed by atoms with Crippen LogP contribution in [0.15, 0.2) is 0 Å². The zero-order valence-corrected chi connectivity index (χ0v) is 10.3. The topological polar surface area (TPSA) is 12.0 Å². The third kappa shape index (κ3) is 3.61. The third-order valence-corrected chi connectivity index (χ3v) is 3.83. The molecule has 4 atom stereocenters. The summed E-state index contributed by atoms with van der Waals surface area (Å²) in [6.07, 6.45) is 6.99. The van der Waals surface area contributed by atoms with Crippen molar-refractivity contribution in [3.8, 4) is 0 Å². The van der Waals surface area contributed by atoms with Gasteiger partial charge in [0.25, 0.3) is 0 Å².